The minimum atomic E-state index is 0.323. The van der Waals surface area contributed by atoms with Crippen LogP contribution in [0.3, 0.4) is 0 Å². The molecule has 1 aliphatic rings. The number of nitrogens with two attached hydrogens (primary N) is 1. The molecular weight excluding hydrogens is 198 g/mol. The molecule has 2 nitrogen and oxygen atoms in total. The smallest absolute Gasteiger partial charge is 0.0464 e. The van der Waals surface area contributed by atoms with Gasteiger partial charge in [-0.05, 0) is 36.7 Å². The molecule has 1 aromatic rings. The first kappa shape index (κ1) is 11.6. The second kappa shape index (κ2) is 5.46. The molecule has 1 saturated carbocycles. The molecule has 0 saturated heterocycles. The van der Waals surface area contributed by atoms with E-state index in [0.717, 1.165) is 25.4 Å². The molecule has 1 aliphatic carbocycles. The van der Waals surface area contributed by atoms with E-state index in [1.807, 2.05) is 0 Å². The molecule has 16 heavy (non-hydrogen) atoms. The third kappa shape index (κ3) is 2.63. The summed E-state index contributed by atoms with van der Waals surface area (Å²) in [6.07, 6.45) is 3.50. The summed E-state index contributed by atoms with van der Waals surface area (Å²) in [6, 6.07) is 11.0. The van der Waals surface area contributed by atoms with Gasteiger partial charge in [0.1, 0.15) is 0 Å². The fourth-order valence-corrected chi connectivity index (χ4v) is 2.78. The first-order valence-corrected chi connectivity index (χ1v) is 6.10. The Morgan fingerprint density at radius 1 is 1.25 bits per heavy atom. The van der Waals surface area contributed by atoms with E-state index < -0.39 is 0 Å². The van der Waals surface area contributed by atoms with Gasteiger partial charge in [0.25, 0.3) is 0 Å². The number of hydrogen-bond donors (Lipinski definition) is 1. The number of ether oxygens (including phenoxy) is 1. The fraction of sp³-hybridized carbons (Fsp3) is 0.571. The molecule has 1 fully saturated rings. The van der Waals surface area contributed by atoms with Gasteiger partial charge in [0, 0.05) is 19.8 Å². The Bertz CT molecular complexity index is 312. The lowest BCUT2D eigenvalue weighted by molar-refractivity contribution is 0.177. The topological polar surface area (TPSA) is 35.2 Å². The van der Waals surface area contributed by atoms with Crippen LogP contribution in [0.4, 0.5) is 0 Å². The van der Waals surface area contributed by atoms with Crippen LogP contribution in [0, 0.1) is 5.92 Å². The van der Waals surface area contributed by atoms with Gasteiger partial charge in [-0.2, -0.15) is 0 Å². The zero-order chi connectivity index (χ0) is 11.4. The Morgan fingerprint density at radius 2 is 2.00 bits per heavy atom. The van der Waals surface area contributed by atoms with Gasteiger partial charge in [0.2, 0.25) is 0 Å². The standard InChI is InChI=1S/C14H21NO/c1-16-8-7-11-9-13(14(15)10-11)12-5-3-2-4-6-12/h2-6,11,13-14H,7-10,15H2,1H3/t11-,13-,14+/m0/s1. The highest BCUT2D eigenvalue weighted by Gasteiger charge is 2.32. The predicted octanol–water partition coefficient (Wildman–Crippen LogP) is 2.54. The average molecular weight is 219 g/mol. The van der Waals surface area contributed by atoms with E-state index in [4.69, 9.17) is 10.5 Å². The lowest BCUT2D eigenvalue weighted by atomic mass is 9.94. The highest BCUT2D eigenvalue weighted by Crippen LogP contribution is 2.38. The molecule has 0 aliphatic heterocycles. The van der Waals surface area contributed by atoms with E-state index >= 15 is 0 Å². The maximum atomic E-state index is 6.23. The molecule has 3 atom stereocenters. The van der Waals surface area contributed by atoms with Crippen molar-refractivity contribution in [1.29, 1.82) is 0 Å². The molecule has 0 amide bonds. The summed E-state index contributed by atoms with van der Waals surface area (Å²) in [4.78, 5) is 0. The van der Waals surface area contributed by atoms with Crippen LogP contribution in [-0.4, -0.2) is 19.8 Å². The quantitative estimate of drug-likeness (QED) is 0.844. The molecule has 0 unspecified atom stereocenters. The molecule has 1 aromatic carbocycles. The first-order valence-electron chi connectivity index (χ1n) is 6.10. The normalized spacial score (nSPS) is 29.5. The van der Waals surface area contributed by atoms with Crippen molar-refractivity contribution in [1.82, 2.24) is 0 Å². The zero-order valence-electron chi connectivity index (χ0n) is 9.93. The van der Waals surface area contributed by atoms with Crippen LogP contribution in [0.5, 0.6) is 0 Å². The van der Waals surface area contributed by atoms with Crippen molar-refractivity contribution in [3.63, 3.8) is 0 Å². The van der Waals surface area contributed by atoms with Crippen LogP contribution in [0.1, 0.15) is 30.7 Å². The van der Waals surface area contributed by atoms with Crippen molar-refractivity contribution >= 4 is 0 Å². The highest BCUT2D eigenvalue weighted by molar-refractivity contribution is 5.22. The van der Waals surface area contributed by atoms with Crippen molar-refractivity contribution in [3.05, 3.63) is 35.9 Å². The SMILES string of the molecule is COCC[C@@H]1C[C@@H](N)[C@H](c2ccccc2)C1. The summed E-state index contributed by atoms with van der Waals surface area (Å²) >= 11 is 0. The summed E-state index contributed by atoms with van der Waals surface area (Å²) in [5.41, 5.74) is 7.63. The molecule has 88 valence electrons. The lowest BCUT2D eigenvalue weighted by Gasteiger charge is -2.15. The summed E-state index contributed by atoms with van der Waals surface area (Å²) in [5, 5.41) is 0. The number of benzene rings is 1. The summed E-state index contributed by atoms with van der Waals surface area (Å²) in [6.45, 7) is 0.860. The molecule has 0 bridgehead atoms. The van der Waals surface area contributed by atoms with Gasteiger partial charge in [-0.15, -0.1) is 0 Å². The van der Waals surface area contributed by atoms with Crippen molar-refractivity contribution < 1.29 is 4.74 Å². The van der Waals surface area contributed by atoms with Gasteiger partial charge >= 0.3 is 0 Å². The average Bonchev–Trinajstić information content (AvgIpc) is 2.69. The van der Waals surface area contributed by atoms with Crippen LogP contribution in [0.15, 0.2) is 30.3 Å². The molecular formula is C14H21NO. The zero-order valence-corrected chi connectivity index (χ0v) is 9.93. The Hall–Kier alpha value is -0.860. The summed E-state index contributed by atoms with van der Waals surface area (Å²) < 4.78 is 5.14. The third-order valence-electron chi connectivity index (χ3n) is 3.67. The lowest BCUT2D eigenvalue weighted by Crippen LogP contribution is -2.22. The monoisotopic (exact) mass is 219 g/mol. The minimum absolute atomic E-state index is 0.323. The van der Waals surface area contributed by atoms with Crippen LogP contribution in [0.25, 0.3) is 0 Å². The summed E-state index contributed by atoms with van der Waals surface area (Å²) in [7, 11) is 1.77. The Balaban J connectivity index is 1.97. The summed E-state index contributed by atoms with van der Waals surface area (Å²) in [5.74, 6) is 1.28. The fourth-order valence-electron chi connectivity index (χ4n) is 2.78. The van der Waals surface area contributed by atoms with E-state index in [9.17, 15) is 0 Å². The molecule has 0 radical (unpaired) electrons. The van der Waals surface area contributed by atoms with E-state index in [1.54, 1.807) is 7.11 Å². The largest absolute Gasteiger partial charge is 0.385 e. The maximum Gasteiger partial charge on any atom is 0.0464 e. The van der Waals surface area contributed by atoms with Crippen molar-refractivity contribution in [2.45, 2.75) is 31.2 Å². The first-order chi connectivity index (χ1) is 7.81. The van der Waals surface area contributed by atoms with Crippen LogP contribution >= 0.6 is 0 Å². The third-order valence-corrected chi connectivity index (χ3v) is 3.67. The second-order valence-electron chi connectivity index (χ2n) is 4.80. The van der Waals surface area contributed by atoms with E-state index in [2.05, 4.69) is 30.3 Å². The van der Waals surface area contributed by atoms with Gasteiger partial charge in [-0.1, -0.05) is 30.3 Å². The van der Waals surface area contributed by atoms with Gasteiger partial charge in [0.15, 0.2) is 0 Å². The number of methoxy groups -OCH3 is 1. The van der Waals surface area contributed by atoms with Gasteiger partial charge < -0.3 is 10.5 Å². The number of rotatable bonds is 4. The van der Waals surface area contributed by atoms with E-state index in [-0.39, 0.29) is 0 Å². The Morgan fingerprint density at radius 3 is 2.69 bits per heavy atom. The highest BCUT2D eigenvalue weighted by atomic mass is 16.5. The molecule has 2 rings (SSSR count). The van der Waals surface area contributed by atoms with Crippen molar-refractivity contribution in [3.8, 4) is 0 Å². The number of hydrogen-bond acceptors (Lipinski definition) is 2. The van der Waals surface area contributed by atoms with Crippen molar-refractivity contribution in [2.24, 2.45) is 11.7 Å². The van der Waals surface area contributed by atoms with Gasteiger partial charge in [0.05, 0.1) is 0 Å². The minimum Gasteiger partial charge on any atom is -0.385 e. The van der Waals surface area contributed by atoms with Gasteiger partial charge in [-0.3, -0.25) is 0 Å². The second-order valence-corrected chi connectivity index (χ2v) is 4.80. The molecule has 0 aromatic heterocycles. The predicted molar refractivity (Wildman–Crippen MR) is 66.4 cm³/mol. The van der Waals surface area contributed by atoms with E-state index in [0.29, 0.717) is 12.0 Å². The van der Waals surface area contributed by atoms with Crippen LogP contribution in [0.2, 0.25) is 0 Å². The Labute approximate surface area is 97.8 Å². The maximum absolute atomic E-state index is 6.23. The van der Waals surface area contributed by atoms with Crippen molar-refractivity contribution in [2.75, 3.05) is 13.7 Å². The van der Waals surface area contributed by atoms with E-state index in [1.165, 1.54) is 12.0 Å². The van der Waals surface area contributed by atoms with Gasteiger partial charge in [-0.25, -0.2) is 0 Å². The van der Waals surface area contributed by atoms with Crippen LogP contribution in [-0.2, 0) is 4.74 Å². The molecule has 0 spiro atoms. The Kier molecular flexibility index (Phi) is 3.97. The molecule has 2 N–H and O–H groups in total. The molecule has 2 heteroatoms. The van der Waals surface area contributed by atoms with Crippen LogP contribution < -0.4 is 5.73 Å². The molecule has 0 heterocycles.